The molecule has 0 bridgehead atoms. The van der Waals surface area contributed by atoms with Crippen molar-refractivity contribution in [3.63, 3.8) is 0 Å². The van der Waals surface area contributed by atoms with Crippen LogP contribution in [-0.2, 0) is 0 Å². The zero-order valence-electron chi connectivity index (χ0n) is 5.71. The van der Waals surface area contributed by atoms with E-state index in [1.165, 1.54) is 6.42 Å². The van der Waals surface area contributed by atoms with E-state index in [0.29, 0.717) is 0 Å². The minimum atomic E-state index is 0.977. The first-order chi connectivity index (χ1) is 4.41. The molecule has 0 aromatic carbocycles. The zero-order valence-corrected chi connectivity index (χ0v) is 5.71. The van der Waals surface area contributed by atoms with Crippen LogP contribution in [0.1, 0.15) is 25.7 Å². The van der Waals surface area contributed by atoms with Gasteiger partial charge in [0.15, 0.2) is 0 Å². The summed E-state index contributed by atoms with van der Waals surface area (Å²) in [4.78, 5) is 0. The number of rotatable bonds is 5. The Morgan fingerprint density at radius 3 is 2.44 bits per heavy atom. The highest BCUT2D eigenvalue weighted by Crippen LogP contribution is 1.99. The molecule has 0 aliphatic rings. The first-order valence-electron chi connectivity index (χ1n) is 3.32. The predicted molar refractivity (Wildman–Crippen MR) is 40.4 cm³/mol. The largest absolute Gasteiger partial charge is 0.516 e. The number of aliphatic hydroxyl groups is 1. The van der Waals surface area contributed by atoms with Gasteiger partial charge in [0, 0.05) is 0 Å². The molecule has 0 saturated carbocycles. The molecule has 0 unspecified atom stereocenters. The molecule has 9 heavy (non-hydrogen) atoms. The van der Waals surface area contributed by atoms with Gasteiger partial charge in [-0.25, -0.2) is 0 Å². The van der Waals surface area contributed by atoms with Crippen LogP contribution in [-0.4, -0.2) is 5.11 Å². The number of hydrogen-bond donors (Lipinski definition) is 1. The van der Waals surface area contributed by atoms with Gasteiger partial charge < -0.3 is 5.11 Å². The second kappa shape index (κ2) is 7.28. The maximum Gasteiger partial charge on any atom is 0.0751 e. The number of aliphatic hydroxyl groups excluding tert-OH is 1. The Labute approximate surface area is 56.7 Å². The minimum absolute atomic E-state index is 0.977. The predicted octanol–water partition coefficient (Wildman–Crippen LogP) is 2.80. The Kier molecular flexibility index (Phi) is 6.70. The van der Waals surface area contributed by atoms with Crippen molar-refractivity contribution in [2.45, 2.75) is 25.7 Å². The maximum atomic E-state index is 8.22. The highest BCUT2D eigenvalue weighted by atomic mass is 16.2. The van der Waals surface area contributed by atoms with Crippen LogP contribution < -0.4 is 0 Å². The van der Waals surface area contributed by atoms with E-state index in [9.17, 15) is 0 Å². The highest BCUT2D eigenvalue weighted by molar-refractivity contribution is 4.72. The van der Waals surface area contributed by atoms with Crippen molar-refractivity contribution < 1.29 is 5.11 Å². The molecule has 1 heteroatoms. The molecule has 0 amide bonds. The summed E-state index contributed by atoms with van der Waals surface area (Å²) in [6.45, 7) is 3.61. The van der Waals surface area contributed by atoms with Gasteiger partial charge in [-0.15, -0.1) is 6.58 Å². The topological polar surface area (TPSA) is 20.2 Å². The fourth-order valence-corrected chi connectivity index (χ4v) is 0.625. The van der Waals surface area contributed by atoms with Gasteiger partial charge in [0.25, 0.3) is 0 Å². The lowest BCUT2D eigenvalue weighted by atomic mass is 10.2. The molecule has 0 aromatic rings. The number of unbranched alkanes of at least 4 members (excludes halogenated alkanes) is 3. The third-order valence-electron chi connectivity index (χ3n) is 1.13. The van der Waals surface area contributed by atoms with E-state index in [-0.39, 0.29) is 0 Å². The van der Waals surface area contributed by atoms with E-state index < -0.39 is 0 Å². The fourth-order valence-electron chi connectivity index (χ4n) is 0.625. The van der Waals surface area contributed by atoms with E-state index in [0.717, 1.165) is 25.5 Å². The average Bonchev–Trinajstić information content (AvgIpc) is 1.89. The second-order valence-corrected chi connectivity index (χ2v) is 1.96. The van der Waals surface area contributed by atoms with Crippen LogP contribution in [0.25, 0.3) is 0 Å². The molecule has 0 fully saturated rings. The third kappa shape index (κ3) is 7.28. The van der Waals surface area contributed by atoms with Crippen molar-refractivity contribution in [1.82, 2.24) is 0 Å². The third-order valence-corrected chi connectivity index (χ3v) is 1.13. The molecule has 0 aromatic heterocycles. The molecule has 0 heterocycles. The summed E-state index contributed by atoms with van der Waals surface area (Å²) in [5.41, 5.74) is 0. The molecule has 0 aliphatic heterocycles. The Hall–Kier alpha value is -0.720. The SMILES string of the molecule is C=CCCCC/C=C/O. The monoisotopic (exact) mass is 126 g/mol. The molecule has 0 spiro atoms. The molecule has 0 atom stereocenters. The van der Waals surface area contributed by atoms with Gasteiger partial charge in [-0.3, -0.25) is 0 Å². The molecule has 0 radical (unpaired) electrons. The zero-order chi connectivity index (χ0) is 6.95. The maximum absolute atomic E-state index is 8.22. The molecular formula is C8H14O. The lowest BCUT2D eigenvalue weighted by Gasteiger charge is -1.89. The summed E-state index contributed by atoms with van der Waals surface area (Å²) in [6, 6.07) is 0. The van der Waals surface area contributed by atoms with Crippen LogP contribution >= 0.6 is 0 Å². The lowest BCUT2D eigenvalue weighted by molar-refractivity contribution is 0.470. The first kappa shape index (κ1) is 8.28. The van der Waals surface area contributed by atoms with Crippen molar-refractivity contribution in [2.75, 3.05) is 0 Å². The van der Waals surface area contributed by atoms with Gasteiger partial charge in [0.2, 0.25) is 0 Å². The van der Waals surface area contributed by atoms with Crippen molar-refractivity contribution in [3.05, 3.63) is 25.0 Å². The van der Waals surface area contributed by atoms with Gasteiger partial charge in [-0.1, -0.05) is 12.2 Å². The highest BCUT2D eigenvalue weighted by Gasteiger charge is 1.80. The van der Waals surface area contributed by atoms with Crippen LogP contribution in [0.4, 0.5) is 0 Å². The van der Waals surface area contributed by atoms with Crippen LogP contribution in [0.3, 0.4) is 0 Å². The van der Waals surface area contributed by atoms with E-state index in [4.69, 9.17) is 5.11 Å². The van der Waals surface area contributed by atoms with Gasteiger partial charge >= 0.3 is 0 Å². The van der Waals surface area contributed by atoms with Gasteiger partial charge in [0.1, 0.15) is 0 Å². The van der Waals surface area contributed by atoms with Crippen LogP contribution in [0.5, 0.6) is 0 Å². The summed E-state index contributed by atoms with van der Waals surface area (Å²) < 4.78 is 0. The summed E-state index contributed by atoms with van der Waals surface area (Å²) in [5.74, 6) is 0. The average molecular weight is 126 g/mol. The van der Waals surface area contributed by atoms with Crippen molar-refractivity contribution in [1.29, 1.82) is 0 Å². The van der Waals surface area contributed by atoms with Crippen LogP contribution in [0.2, 0.25) is 0 Å². The smallest absolute Gasteiger partial charge is 0.0751 e. The molecular weight excluding hydrogens is 112 g/mol. The molecule has 0 saturated heterocycles. The normalized spacial score (nSPS) is 10.2. The molecule has 1 N–H and O–H groups in total. The van der Waals surface area contributed by atoms with Crippen LogP contribution in [0, 0.1) is 0 Å². The molecule has 1 nitrogen and oxygen atoms in total. The van der Waals surface area contributed by atoms with Crippen LogP contribution in [0.15, 0.2) is 25.0 Å². The Bertz CT molecular complexity index is 84.6. The van der Waals surface area contributed by atoms with Gasteiger partial charge in [-0.05, 0) is 25.7 Å². The number of hydrogen-bond acceptors (Lipinski definition) is 1. The minimum Gasteiger partial charge on any atom is -0.516 e. The first-order valence-corrected chi connectivity index (χ1v) is 3.32. The quantitative estimate of drug-likeness (QED) is 0.341. The van der Waals surface area contributed by atoms with E-state index in [1.807, 2.05) is 6.08 Å². The van der Waals surface area contributed by atoms with Crippen molar-refractivity contribution >= 4 is 0 Å². The molecule has 0 aliphatic carbocycles. The van der Waals surface area contributed by atoms with Crippen molar-refractivity contribution in [2.24, 2.45) is 0 Å². The summed E-state index contributed by atoms with van der Waals surface area (Å²) in [5, 5.41) is 8.22. The fraction of sp³-hybridized carbons (Fsp3) is 0.500. The molecule has 52 valence electrons. The van der Waals surface area contributed by atoms with E-state index in [2.05, 4.69) is 6.58 Å². The summed E-state index contributed by atoms with van der Waals surface area (Å²) in [6.07, 6.45) is 9.17. The van der Waals surface area contributed by atoms with Gasteiger partial charge in [0.05, 0.1) is 6.26 Å². The Morgan fingerprint density at radius 1 is 1.22 bits per heavy atom. The Morgan fingerprint density at radius 2 is 1.89 bits per heavy atom. The Balaban J connectivity index is 2.82. The van der Waals surface area contributed by atoms with Crippen molar-refractivity contribution in [3.8, 4) is 0 Å². The summed E-state index contributed by atoms with van der Waals surface area (Å²) in [7, 11) is 0. The molecule has 0 rings (SSSR count). The van der Waals surface area contributed by atoms with Gasteiger partial charge in [-0.2, -0.15) is 0 Å². The summed E-state index contributed by atoms with van der Waals surface area (Å²) >= 11 is 0. The second-order valence-electron chi connectivity index (χ2n) is 1.96. The number of allylic oxidation sites excluding steroid dienone is 2. The van der Waals surface area contributed by atoms with E-state index >= 15 is 0 Å². The van der Waals surface area contributed by atoms with E-state index in [1.54, 1.807) is 6.08 Å². The standard InChI is InChI=1S/C8H14O/c1-2-3-4-5-6-7-8-9/h2,7-9H,1,3-6H2/b8-7+. The lowest BCUT2D eigenvalue weighted by Crippen LogP contribution is -1.70.